The molecule has 4 unspecified atom stereocenters. The summed E-state index contributed by atoms with van der Waals surface area (Å²) in [5.74, 6) is -0.456. The normalized spacial score (nSPS) is 21.0. The highest BCUT2D eigenvalue weighted by atomic mass is 35.5. The van der Waals surface area contributed by atoms with Crippen LogP contribution in [0.15, 0.2) is 97.1 Å². The Balaban J connectivity index is 1.12. The first-order valence-corrected chi connectivity index (χ1v) is 19.9. The minimum absolute atomic E-state index is 0.0410. The molecular weight excluding hydrogens is 751 g/mol. The highest BCUT2D eigenvalue weighted by Gasteiger charge is 2.35. The average Bonchev–Trinajstić information content (AvgIpc) is 3.13. The van der Waals surface area contributed by atoms with Gasteiger partial charge in [0.1, 0.15) is 11.5 Å². The summed E-state index contributed by atoms with van der Waals surface area (Å²) < 4.78 is 12.2. The van der Waals surface area contributed by atoms with Crippen molar-refractivity contribution >= 4 is 41.0 Å². The number of amides is 2. The fourth-order valence-electron chi connectivity index (χ4n) is 8.24. The van der Waals surface area contributed by atoms with Gasteiger partial charge in [-0.25, -0.2) is 4.79 Å². The van der Waals surface area contributed by atoms with Gasteiger partial charge in [0, 0.05) is 84.6 Å². The predicted octanol–water partition coefficient (Wildman–Crippen LogP) is 7.19. The van der Waals surface area contributed by atoms with E-state index in [9.17, 15) is 19.5 Å². The van der Waals surface area contributed by atoms with Gasteiger partial charge in [-0.3, -0.25) is 19.4 Å². The quantitative estimate of drug-likeness (QED) is 0.142. The number of nitrogens with zero attached hydrogens (tertiary/aromatic N) is 4. The molecule has 2 aliphatic heterocycles. The molecule has 6 rings (SSSR count). The number of carboxylic acid groups (broad SMARTS) is 1. The van der Waals surface area contributed by atoms with Crippen LogP contribution in [0.2, 0.25) is 10.0 Å². The molecule has 0 aromatic heterocycles. The van der Waals surface area contributed by atoms with Gasteiger partial charge < -0.3 is 24.4 Å². The maximum absolute atomic E-state index is 13.3. The number of aliphatic carboxylic acids is 1. The third kappa shape index (κ3) is 10.4. The number of carboxylic acids is 1. The first kappa shape index (κ1) is 41.0. The Morgan fingerprint density at radius 3 is 1.30 bits per heavy atom. The first-order valence-electron chi connectivity index (χ1n) is 19.1. The van der Waals surface area contributed by atoms with Crippen molar-refractivity contribution in [3.05, 3.63) is 129 Å². The lowest BCUT2D eigenvalue weighted by Gasteiger charge is -2.44. The van der Waals surface area contributed by atoms with Crippen LogP contribution in [0.25, 0.3) is 0 Å². The SMILES string of the molecule is CC1CN(Cc2cc(Cl)ccc2OC(Oc2ccc(Cl)cc2CN2CC(C)N(C(=O)Cc3ccccc3)C(C)C2)C(=O)O)CC(C)N1C(=O)Cc1ccccc1. The summed E-state index contributed by atoms with van der Waals surface area (Å²) in [6.07, 6.45) is -0.983. The third-order valence-electron chi connectivity index (χ3n) is 10.5. The molecule has 0 saturated carbocycles. The Hall–Kier alpha value is -4.61. The van der Waals surface area contributed by atoms with E-state index in [-0.39, 0.29) is 36.0 Å². The fourth-order valence-corrected chi connectivity index (χ4v) is 8.63. The maximum atomic E-state index is 13.3. The second kappa shape index (κ2) is 18.6. The van der Waals surface area contributed by atoms with Gasteiger partial charge in [0.25, 0.3) is 0 Å². The Bertz CT molecular complexity index is 1830. The van der Waals surface area contributed by atoms with E-state index in [1.54, 1.807) is 36.4 Å². The number of rotatable bonds is 13. The van der Waals surface area contributed by atoms with Crippen LogP contribution in [0.4, 0.5) is 0 Å². The van der Waals surface area contributed by atoms with Crippen molar-refractivity contribution in [2.45, 2.75) is 84.1 Å². The van der Waals surface area contributed by atoms with Crippen molar-refractivity contribution in [3.8, 4) is 11.5 Å². The summed E-state index contributed by atoms with van der Waals surface area (Å²) in [4.78, 5) is 47.7. The highest BCUT2D eigenvalue weighted by molar-refractivity contribution is 6.31. The molecule has 2 amide bonds. The molecule has 10 nitrogen and oxygen atoms in total. The molecule has 12 heteroatoms. The van der Waals surface area contributed by atoms with Gasteiger partial charge in [-0.05, 0) is 75.2 Å². The van der Waals surface area contributed by atoms with Gasteiger partial charge in [-0.1, -0.05) is 83.9 Å². The van der Waals surface area contributed by atoms with Gasteiger partial charge in [0.15, 0.2) is 0 Å². The summed E-state index contributed by atoms with van der Waals surface area (Å²) in [6.45, 7) is 11.5. The number of hydrogen-bond acceptors (Lipinski definition) is 7. The zero-order valence-electron chi connectivity index (χ0n) is 32.3. The summed E-state index contributed by atoms with van der Waals surface area (Å²) in [7, 11) is 0. The molecule has 4 atom stereocenters. The van der Waals surface area contributed by atoms with Crippen molar-refractivity contribution in [3.63, 3.8) is 0 Å². The lowest BCUT2D eigenvalue weighted by molar-refractivity contribution is -0.158. The van der Waals surface area contributed by atoms with Crippen LogP contribution in [-0.2, 0) is 40.3 Å². The number of piperazine rings is 2. The van der Waals surface area contributed by atoms with E-state index in [4.69, 9.17) is 32.7 Å². The van der Waals surface area contributed by atoms with Crippen molar-refractivity contribution < 1.29 is 29.0 Å². The third-order valence-corrected chi connectivity index (χ3v) is 10.9. The molecule has 2 heterocycles. The Kier molecular flexibility index (Phi) is 13.6. The van der Waals surface area contributed by atoms with Gasteiger partial charge in [-0.2, -0.15) is 0 Å². The minimum Gasteiger partial charge on any atom is -0.476 e. The molecule has 4 aromatic rings. The molecule has 2 fully saturated rings. The van der Waals surface area contributed by atoms with Crippen LogP contribution in [0, 0.1) is 0 Å². The lowest BCUT2D eigenvalue weighted by atomic mass is 10.0. The van der Waals surface area contributed by atoms with Crippen LogP contribution in [-0.4, -0.2) is 99.1 Å². The molecule has 4 aromatic carbocycles. The number of benzene rings is 4. The van der Waals surface area contributed by atoms with E-state index in [0.29, 0.717) is 84.8 Å². The van der Waals surface area contributed by atoms with E-state index >= 15 is 0 Å². The van der Waals surface area contributed by atoms with Crippen molar-refractivity contribution in [2.75, 3.05) is 26.2 Å². The number of carbonyl (C=O) groups is 3. The van der Waals surface area contributed by atoms with Crippen LogP contribution in [0.1, 0.15) is 49.9 Å². The van der Waals surface area contributed by atoms with Gasteiger partial charge in [-0.15, -0.1) is 0 Å². The molecule has 56 heavy (non-hydrogen) atoms. The van der Waals surface area contributed by atoms with E-state index in [1.165, 1.54) is 0 Å². The minimum atomic E-state index is -1.68. The smallest absolute Gasteiger partial charge is 0.387 e. The topological polar surface area (TPSA) is 103 Å². The molecule has 2 saturated heterocycles. The highest BCUT2D eigenvalue weighted by Crippen LogP contribution is 2.31. The predicted molar refractivity (Wildman–Crippen MR) is 218 cm³/mol. The molecule has 2 aliphatic rings. The molecule has 0 bridgehead atoms. The maximum Gasteiger partial charge on any atom is 0.387 e. The Labute approximate surface area is 339 Å². The van der Waals surface area contributed by atoms with E-state index in [2.05, 4.69) is 9.80 Å². The zero-order chi connectivity index (χ0) is 39.9. The molecule has 0 radical (unpaired) electrons. The Morgan fingerprint density at radius 1 is 0.607 bits per heavy atom. The van der Waals surface area contributed by atoms with Crippen LogP contribution in [0.3, 0.4) is 0 Å². The molecule has 0 aliphatic carbocycles. The fraction of sp³-hybridized carbons (Fsp3) is 0.386. The molecular formula is C44H50Cl2N4O6. The summed E-state index contributed by atoms with van der Waals surface area (Å²) in [5, 5.41) is 11.3. The van der Waals surface area contributed by atoms with Crippen LogP contribution in [0.5, 0.6) is 11.5 Å². The van der Waals surface area contributed by atoms with Crippen molar-refractivity contribution in [1.29, 1.82) is 0 Å². The second-order valence-corrected chi connectivity index (χ2v) is 16.0. The summed E-state index contributed by atoms with van der Waals surface area (Å²) in [5.41, 5.74) is 3.37. The first-order chi connectivity index (χ1) is 26.8. The lowest BCUT2D eigenvalue weighted by Crippen LogP contribution is -2.58. The van der Waals surface area contributed by atoms with Crippen molar-refractivity contribution in [2.24, 2.45) is 0 Å². The van der Waals surface area contributed by atoms with Gasteiger partial charge >= 0.3 is 12.3 Å². The second-order valence-electron chi connectivity index (χ2n) is 15.1. The standard InChI is InChI=1S/C44H50Cl2N4O6/c1-29-23-47(24-30(2)49(29)41(51)19-33-11-7-5-8-12-33)27-35-21-37(45)15-17-39(35)55-44(43(53)54)56-40-18-16-38(46)22-36(40)28-48-25-31(3)50(32(4)26-48)42(52)20-34-13-9-6-10-14-34/h5-18,21-22,29-32,44H,19-20,23-28H2,1-4H3,(H,53,54). The van der Waals surface area contributed by atoms with E-state index in [1.807, 2.05) is 98.2 Å². The number of ether oxygens (including phenoxy) is 2. The number of hydrogen-bond donors (Lipinski definition) is 1. The summed E-state index contributed by atoms with van der Waals surface area (Å²) >= 11 is 12.9. The molecule has 0 spiro atoms. The van der Waals surface area contributed by atoms with Crippen LogP contribution >= 0.6 is 23.2 Å². The number of halogens is 2. The number of carbonyl (C=O) groups excluding carboxylic acids is 2. The van der Waals surface area contributed by atoms with Gasteiger partial charge in [0.05, 0.1) is 12.8 Å². The van der Waals surface area contributed by atoms with Crippen LogP contribution < -0.4 is 9.47 Å². The van der Waals surface area contributed by atoms with E-state index < -0.39 is 12.3 Å². The average molecular weight is 802 g/mol. The van der Waals surface area contributed by atoms with E-state index in [0.717, 1.165) is 11.1 Å². The zero-order valence-corrected chi connectivity index (χ0v) is 33.8. The summed E-state index contributed by atoms with van der Waals surface area (Å²) in [6, 6.07) is 29.5. The molecule has 296 valence electrons. The largest absolute Gasteiger partial charge is 0.476 e. The Morgan fingerprint density at radius 2 is 0.964 bits per heavy atom. The van der Waals surface area contributed by atoms with Gasteiger partial charge in [0.2, 0.25) is 11.8 Å². The monoisotopic (exact) mass is 800 g/mol. The van der Waals surface area contributed by atoms with Crippen molar-refractivity contribution in [1.82, 2.24) is 19.6 Å². The molecule has 1 N–H and O–H groups in total.